The molecular formula is C24H33NO4. The molecule has 0 heterocycles. The van der Waals surface area contributed by atoms with Crippen LogP contribution in [0, 0.1) is 5.92 Å². The largest absolute Gasteiger partial charge is 0.493 e. The second kappa shape index (κ2) is 12.0. The number of rotatable bonds is 12. The van der Waals surface area contributed by atoms with Crippen LogP contribution in [0.25, 0.3) is 0 Å². The van der Waals surface area contributed by atoms with E-state index in [4.69, 9.17) is 14.2 Å². The predicted octanol–water partition coefficient (Wildman–Crippen LogP) is 5.23. The third kappa shape index (κ3) is 7.33. The molecule has 0 radical (unpaired) electrons. The molecule has 0 fully saturated rings. The van der Waals surface area contributed by atoms with Gasteiger partial charge in [0.25, 0.3) is 5.91 Å². The molecule has 1 N–H and O–H groups in total. The molecule has 0 aliphatic rings. The van der Waals surface area contributed by atoms with E-state index in [0.717, 1.165) is 30.6 Å². The van der Waals surface area contributed by atoms with Crippen molar-refractivity contribution in [2.75, 3.05) is 20.3 Å². The molecule has 0 spiro atoms. The summed E-state index contributed by atoms with van der Waals surface area (Å²) in [4.78, 5) is 12.7. The van der Waals surface area contributed by atoms with Crippen molar-refractivity contribution in [2.45, 2.75) is 46.6 Å². The number of benzene rings is 2. The highest BCUT2D eigenvalue weighted by molar-refractivity contribution is 5.96. The van der Waals surface area contributed by atoms with Crippen LogP contribution in [0.5, 0.6) is 17.2 Å². The van der Waals surface area contributed by atoms with Gasteiger partial charge in [-0.1, -0.05) is 45.4 Å². The molecule has 158 valence electrons. The Morgan fingerprint density at radius 3 is 2.48 bits per heavy atom. The van der Waals surface area contributed by atoms with Gasteiger partial charge in [-0.15, -0.1) is 0 Å². The maximum absolute atomic E-state index is 12.7. The summed E-state index contributed by atoms with van der Waals surface area (Å²) < 4.78 is 17.0. The monoisotopic (exact) mass is 399 g/mol. The van der Waals surface area contributed by atoms with Crippen LogP contribution >= 0.6 is 0 Å². The van der Waals surface area contributed by atoms with E-state index in [1.165, 1.54) is 0 Å². The fraction of sp³-hybridized carbons (Fsp3) is 0.458. The van der Waals surface area contributed by atoms with Crippen molar-refractivity contribution in [3.8, 4) is 17.2 Å². The minimum Gasteiger partial charge on any atom is -0.493 e. The summed E-state index contributed by atoms with van der Waals surface area (Å²) in [6.45, 7) is 8.09. The van der Waals surface area contributed by atoms with E-state index < -0.39 is 0 Å². The molecule has 0 bridgehead atoms. The Bertz CT molecular complexity index is 773. The number of unbranched alkanes of at least 4 members (excludes halogenated alkanes) is 1. The molecule has 5 nitrogen and oxygen atoms in total. The Morgan fingerprint density at radius 1 is 1.00 bits per heavy atom. The molecule has 2 aromatic carbocycles. The van der Waals surface area contributed by atoms with Crippen molar-refractivity contribution in [3.05, 3.63) is 53.6 Å². The number of para-hydroxylation sites is 1. The summed E-state index contributed by atoms with van der Waals surface area (Å²) in [6, 6.07) is 13.1. The lowest BCUT2D eigenvalue weighted by Crippen LogP contribution is -2.23. The zero-order valence-corrected chi connectivity index (χ0v) is 18.0. The van der Waals surface area contributed by atoms with Gasteiger partial charge in [0, 0.05) is 6.54 Å². The first-order chi connectivity index (χ1) is 14.0. The third-order valence-electron chi connectivity index (χ3n) is 4.52. The number of methoxy groups -OCH3 is 1. The van der Waals surface area contributed by atoms with Gasteiger partial charge in [-0.2, -0.15) is 0 Å². The SMILES string of the molecule is CCCCOc1ccccc1C(=O)NCc1ccc(OCCC(C)C)c(OC)c1. The van der Waals surface area contributed by atoms with Gasteiger partial charge < -0.3 is 19.5 Å². The number of carbonyl (C=O) groups is 1. The Balaban J connectivity index is 1.98. The first-order valence-corrected chi connectivity index (χ1v) is 10.3. The Hall–Kier alpha value is -2.69. The highest BCUT2D eigenvalue weighted by atomic mass is 16.5. The van der Waals surface area contributed by atoms with Gasteiger partial charge in [0.15, 0.2) is 11.5 Å². The summed E-state index contributed by atoms with van der Waals surface area (Å²) in [5.74, 6) is 2.43. The van der Waals surface area contributed by atoms with Crippen LogP contribution in [0.4, 0.5) is 0 Å². The van der Waals surface area contributed by atoms with Crippen LogP contribution in [0.2, 0.25) is 0 Å². The molecule has 1 amide bonds. The van der Waals surface area contributed by atoms with Crippen LogP contribution in [0.3, 0.4) is 0 Å². The third-order valence-corrected chi connectivity index (χ3v) is 4.52. The lowest BCUT2D eigenvalue weighted by atomic mass is 10.1. The molecule has 0 saturated carbocycles. The standard InChI is InChI=1S/C24H33NO4/c1-5-6-14-28-21-10-8-7-9-20(21)24(26)25-17-19-11-12-22(23(16-19)27-4)29-15-13-18(2)3/h7-12,16,18H,5-6,13-15,17H2,1-4H3,(H,25,26). The summed E-state index contributed by atoms with van der Waals surface area (Å²) in [5.41, 5.74) is 1.49. The van der Waals surface area contributed by atoms with E-state index in [9.17, 15) is 4.79 Å². The molecule has 0 aliphatic carbocycles. The summed E-state index contributed by atoms with van der Waals surface area (Å²) in [6.07, 6.45) is 3.00. The highest BCUT2D eigenvalue weighted by Crippen LogP contribution is 2.28. The highest BCUT2D eigenvalue weighted by Gasteiger charge is 2.13. The maximum atomic E-state index is 12.7. The van der Waals surface area contributed by atoms with Crippen LogP contribution in [-0.4, -0.2) is 26.2 Å². The van der Waals surface area contributed by atoms with Gasteiger partial charge in [-0.3, -0.25) is 4.79 Å². The number of hydrogen-bond acceptors (Lipinski definition) is 4. The average molecular weight is 400 g/mol. The Labute approximate surface area is 174 Å². The smallest absolute Gasteiger partial charge is 0.255 e. The Morgan fingerprint density at radius 2 is 1.76 bits per heavy atom. The first kappa shape index (κ1) is 22.6. The van der Waals surface area contributed by atoms with Gasteiger partial charge in [0.1, 0.15) is 5.75 Å². The predicted molar refractivity (Wildman–Crippen MR) is 116 cm³/mol. The molecule has 2 aromatic rings. The topological polar surface area (TPSA) is 56.8 Å². The average Bonchev–Trinajstić information content (AvgIpc) is 2.73. The van der Waals surface area contributed by atoms with Gasteiger partial charge in [0.05, 0.1) is 25.9 Å². The van der Waals surface area contributed by atoms with Gasteiger partial charge in [-0.25, -0.2) is 0 Å². The number of amides is 1. The fourth-order valence-corrected chi connectivity index (χ4v) is 2.73. The Kier molecular flexibility index (Phi) is 9.35. The van der Waals surface area contributed by atoms with E-state index in [1.807, 2.05) is 36.4 Å². The zero-order valence-electron chi connectivity index (χ0n) is 18.0. The molecule has 29 heavy (non-hydrogen) atoms. The molecule has 0 aliphatic heterocycles. The molecular weight excluding hydrogens is 366 g/mol. The number of nitrogens with one attached hydrogen (secondary N) is 1. The van der Waals surface area contributed by atoms with E-state index in [-0.39, 0.29) is 5.91 Å². The molecule has 0 aromatic heterocycles. The molecule has 0 unspecified atom stereocenters. The van der Waals surface area contributed by atoms with E-state index >= 15 is 0 Å². The number of carbonyl (C=O) groups excluding carboxylic acids is 1. The maximum Gasteiger partial charge on any atom is 0.255 e. The van der Waals surface area contributed by atoms with Crippen molar-refractivity contribution in [1.82, 2.24) is 5.32 Å². The quantitative estimate of drug-likeness (QED) is 0.497. The number of hydrogen-bond donors (Lipinski definition) is 1. The van der Waals surface area contributed by atoms with E-state index in [1.54, 1.807) is 13.2 Å². The van der Waals surface area contributed by atoms with Gasteiger partial charge >= 0.3 is 0 Å². The molecule has 2 rings (SSSR count). The molecule has 0 saturated heterocycles. The first-order valence-electron chi connectivity index (χ1n) is 10.3. The normalized spacial score (nSPS) is 10.7. The van der Waals surface area contributed by atoms with Crippen LogP contribution < -0.4 is 19.5 Å². The molecule has 5 heteroatoms. The van der Waals surface area contributed by atoms with Crippen LogP contribution in [0.15, 0.2) is 42.5 Å². The fourth-order valence-electron chi connectivity index (χ4n) is 2.73. The second-order valence-electron chi connectivity index (χ2n) is 7.40. The zero-order chi connectivity index (χ0) is 21.1. The lowest BCUT2D eigenvalue weighted by Gasteiger charge is -2.14. The van der Waals surface area contributed by atoms with Crippen LogP contribution in [0.1, 0.15) is 56.0 Å². The summed E-state index contributed by atoms with van der Waals surface area (Å²) in [7, 11) is 1.62. The second-order valence-corrected chi connectivity index (χ2v) is 7.40. The van der Waals surface area contributed by atoms with Crippen molar-refractivity contribution >= 4 is 5.91 Å². The van der Waals surface area contributed by atoms with E-state index in [2.05, 4.69) is 26.1 Å². The van der Waals surface area contributed by atoms with Crippen molar-refractivity contribution in [3.63, 3.8) is 0 Å². The number of ether oxygens (including phenoxy) is 3. The van der Waals surface area contributed by atoms with Crippen LogP contribution in [-0.2, 0) is 6.54 Å². The minimum absolute atomic E-state index is 0.159. The van der Waals surface area contributed by atoms with Gasteiger partial charge in [0.2, 0.25) is 0 Å². The minimum atomic E-state index is -0.159. The van der Waals surface area contributed by atoms with Crippen molar-refractivity contribution < 1.29 is 19.0 Å². The molecule has 0 atom stereocenters. The lowest BCUT2D eigenvalue weighted by molar-refractivity contribution is 0.0946. The van der Waals surface area contributed by atoms with Crippen molar-refractivity contribution in [1.29, 1.82) is 0 Å². The van der Waals surface area contributed by atoms with Crippen molar-refractivity contribution in [2.24, 2.45) is 5.92 Å². The summed E-state index contributed by atoms with van der Waals surface area (Å²) >= 11 is 0. The van der Waals surface area contributed by atoms with Gasteiger partial charge in [-0.05, 0) is 48.6 Å². The summed E-state index contributed by atoms with van der Waals surface area (Å²) in [5, 5.41) is 2.96. The van der Waals surface area contributed by atoms with E-state index in [0.29, 0.717) is 42.7 Å².